The van der Waals surface area contributed by atoms with Gasteiger partial charge in [0, 0.05) is 11.1 Å². The maximum atomic E-state index is 6.01. The first-order valence-corrected chi connectivity index (χ1v) is 8.86. The molecule has 116 valence electrons. The molecule has 3 nitrogen and oxygen atoms in total. The van der Waals surface area contributed by atoms with Crippen molar-refractivity contribution in [2.24, 2.45) is 0 Å². The molecule has 1 aromatic heterocycles. The van der Waals surface area contributed by atoms with Crippen molar-refractivity contribution in [2.75, 3.05) is 25.0 Å². The quantitative estimate of drug-likeness (QED) is 0.750. The molecule has 5 heteroatoms. The molecule has 1 unspecified atom stereocenters. The summed E-state index contributed by atoms with van der Waals surface area (Å²) in [5.41, 5.74) is 1.02. The summed E-state index contributed by atoms with van der Waals surface area (Å²) in [6, 6.07) is 6.28. The zero-order valence-corrected chi connectivity index (χ0v) is 14.6. The second-order valence-electron chi connectivity index (χ2n) is 5.35. The van der Waals surface area contributed by atoms with Gasteiger partial charge in [0.1, 0.15) is 0 Å². The molecule has 0 aliphatic rings. The fourth-order valence-corrected chi connectivity index (χ4v) is 3.66. The van der Waals surface area contributed by atoms with Crippen molar-refractivity contribution < 1.29 is 0 Å². The summed E-state index contributed by atoms with van der Waals surface area (Å²) in [4.78, 5) is 7.07. The Morgan fingerprint density at radius 2 is 2.10 bits per heavy atom. The highest BCUT2D eigenvalue weighted by Crippen LogP contribution is 2.28. The SMILES string of the molecule is CCN(CC)CCCC(C)Nc1nc2ccc(Cl)cc2s1. The van der Waals surface area contributed by atoms with E-state index >= 15 is 0 Å². The number of anilines is 1. The minimum atomic E-state index is 0.441. The first-order chi connectivity index (χ1) is 10.1. The van der Waals surface area contributed by atoms with Crippen LogP contribution in [0.25, 0.3) is 10.2 Å². The van der Waals surface area contributed by atoms with Crippen LogP contribution in [0.2, 0.25) is 5.02 Å². The summed E-state index contributed by atoms with van der Waals surface area (Å²) in [5, 5.41) is 5.26. The monoisotopic (exact) mass is 325 g/mol. The zero-order chi connectivity index (χ0) is 15.2. The van der Waals surface area contributed by atoms with E-state index in [-0.39, 0.29) is 0 Å². The molecule has 2 aromatic rings. The number of aromatic nitrogens is 1. The summed E-state index contributed by atoms with van der Waals surface area (Å²) in [5.74, 6) is 0. The molecule has 2 rings (SSSR count). The molecular formula is C16H24ClN3S. The van der Waals surface area contributed by atoms with Crippen LogP contribution in [0.15, 0.2) is 18.2 Å². The lowest BCUT2D eigenvalue weighted by Gasteiger charge is -2.19. The summed E-state index contributed by atoms with van der Waals surface area (Å²) in [6.45, 7) is 10.1. The number of nitrogens with one attached hydrogen (secondary N) is 1. The molecular weight excluding hydrogens is 302 g/mol. The third-order valence-corrected chi connectivity index (χ3v) is 4.91. The molecule has 0 radical (unpaired) electrons. The molecule has 21 heavy (non-hydrogen) atoms. The first-order valence-electron chi connectivity index (χ1n) is 7.67. The maximum absolute atomic E-state index is 6.01. The fourth-order valence-electron chi connectivity index (χ4n) is 2.40. The Balaban J connectivity index is 1.85. The maximum Gasteiger partial charge on any atom is 0.183 e. The highest BCUT2D eigenvalue weighted by molar-refractivity contribution is 7.22. The fraction of sp³-hybridized carbons (Fsp3) is 0.562. The minimum Gasteiger partial charge on any atom is -0.359 e. The Morgan fingerprint density at radius 3 is 2.81 bits per heavy atom. The van der Waals surface area contributed by atoms with Gasteiger partial charge < -0.3 is 10.2 Å². The first kappa shape index (κ1) is 16.5. The Kier molecular flexibility index (Phi) is 6.27. The normalized spacial score (nSPS) is 13.0. The van der Waals surface area contributed by atoms with E-state index in [2.05, 4.69) is 36.0 Å². The van der Waals surface area contributed by atoms with Crippen LogP contribution in [0.4, 0.5) is 5.13 Å². The predicted molar refractivity (Wildman–Crippen MR) is 94.7 cm³/mol. The van der Waals surface area contributed by atoms with E-state index in [4.69, 9.17) is 11.6 Å². The van der Waals surface area contributed by atoms with Crippen LogP contribution in [-0.2, 0) is 0 Å². The van der Waals surface area contributed by atoms with E-state index in [1.54, 1.807) is 11.3 Å². The van der Waals surface area contributed by atoms with Gasteiger partial charge in [0.2, 0.25) is 0 Å². The standard InChI is InChI=1S/C16H24ClN3S/c1-4-20(5-2)10-6-7-12(3)18-16-19-14-9-8-13(17)11-15(14)21-16/h8-9,11-12H,4-7,10H2,1-3H3,(H,18,19). The van der Waals surface area contributed by atoms with Crippen LogP contribution in [-0.4, -0.2) is 35.6 Å². The molecule has 0 fully saturated rings. The summed E-state index contributed by atoms with van der Waals surface area (Å²) in [7, 11) is 0. The van der Waals surface area contributed by atoms with Gasteiger partial charge in [0.05, 0.1) is 10.2 Å². The summed E-state index contributed by atoms with van der Waals surface area (Å²) >= 11 is 7.68. The third-order valence-electron chi connectivity index (χ3n) is 3.73. The van der Waals surface area contributed by atoms with Gasteiger partial charge in [-0.1, -0.05) is 36.8 Å². The molecule has 0 amide bonds. The van der Waals surface area contributed by atoms with Crippen LogP contribution < -0.4 is 5.32 Å². The van der Waals surface area contributed by atoms with Gasteiger partial charge in [0.15, 0.2) is 5.13 Å². The second kappa shape index (κ2) is 7.97. The van der Waals surface area contributed by atoms with E-state index in [9.17, 15) is 0 Å². The van der Waals surface area contributed by atoms with Crippen molar-refractivity contribution in [3.8, 4) is 0 Å². The molecule has 1 atom stereocenters. The number of fused-ring (bicyclic) bond motifs is 1. The topological polar surface area (TPSA) is 28.2 Å². The molecule has 1 heterocycles. The Bertz CT molecular complexity index is 566. The van der Waals surface area contributed by atoms with E-state index in [0.717, 1.165) is 39.9 Å². The highest BCUT2D eigenvalue weighted by atomic mass is 35.5. The molecule has 0 saturated carbocycles. The van der Waals surface area contributed by atoms with E-state index < -0.39 is 0 Å². The number of nitrogens with zero attached hydrogens (tertiary/aromatic N) is 2. The lowest BCUT2D eigenvalue weighted by Crippen LogP contribution is -2.25. The lowest BCUT2D eigenvalue weighted by molar-refractivity contribution is 0.295. The molecule has 0 aliphatic carbocycles. The van der Waals surface area contributed by atoms with Crippen molar-refractivity contribution in [2.45, 2.75) is 39.7 Å². The van der Waals surface area contributed by atoms with Crippen molar-refractivity contribution >= 4 is 38.3 Å². The number of benzene rings is 1. The van der Waals surface area contributed by atoms with Gasteiger partial charge in [0.25, 0.3) is 0 Å². The summed E-state index contributed by atoms with van der Waals surface area (Å²) in [6.07, 6.45) is 2.37. The largest absolute Gasteiger partial charge is 0.359 e. The number of hydrogen-bond donors (Lipinski definition) is 1. The van der Waals surface area contributed by atoms with Gasteiger partial charge in [-0.2, -0.15) is 0 Å². The number of rotatable bonds is 8. The number of thiazole rings is 1. The second-order valence-corrected chi connectivity index (χ2v) is 6.81. The van der Waals surface area contributed by atoms with Crippen molar-refractivity contribution in [1.29, 1.82) is 0 Å². The third kappa shape index (κ3) is 4.83. The molecule has 1 N–H and O–H groups in total. The van der Waals surface area contributed by atoms with Gasteiger partial charge >= 0.3 is 0 Å². The zero-order valence-electron chi connectivity index (χ0n) is 13.0. The van der Waals surface area contributed by atoms with Gasteiger partial charge in [-0.25, -0.2) is 4.98 Å². The van der Waals surface area contributed by atoms with Gasteiger partial charge in [-0.05, 0) is 57.6 Å². The summed E-state index contributed by atoms with van der Waals surface area (Å²) < 4.78 is 1.14. The lowest BCUT2D eigenvalue weighted by atomic mass is 10.2. The van der Waals surface area contributed by atoms with Crippen molar-refractivity contribution in [3.63, 3.8) is 0 Å². The molecule has 1 aromatic carbocycles. The number of halogens is 1. The average molecular weight is 326 g/mol. The Hall–Kier alpha value is -0.840. The van der Waals surface area contributed by atoms with Gasteiger partial charge in [-0.3, -0.25) is 0 Å². The van der Waals surface area contributed by atoms with E-state index in [1.165, 1.54) is 13.0 Å². The van der Waals surface area contributed by atoms with Gasteiger partial charge in [-0.15, -0.1) is 0 Å². The smallest absolute Gasteiger partial charge is 0.183 e. The van der Waals surface area contributed by atoms with Crippen molar-refractivity contribution in [1.82, 2.24) is 9.88 Å². The molecule has 0 bridgehead atoms. The van der Waals surface area contributed by atoms with Crippen LogP contribution >= 0.6 is 22.9 Å². The Labute approximate surface area is 136 Å². The molecule has 0 spiro atoms. The predicted octanol–water partition coefficient (Wildman–Crippen LogP) is 4.87. The van der Waals surface area contributed by atoms with Crippen LogP contribution in [0.5, 0.6) is 0 Å². The van der Waals surface area contributed by atoms with Crippen LogP contribution in [0, 0.1) is 0 Å². The van der Waals surface area contributed by atoms with Crippen LogP contribution in [0.1, 0.15) is 33.6 Å². The molecule has 0 aliphatic heterocycles. The highest BCUT2D eigenvalue weighted by Gasteiger charge is 2.08. The van der Waals surface area contributed by atoms with E-state index in [1.807, 2.05) is 18.2 Å². The number of hydrogen-bond acceptors (Lipinski definition) is 4. The average Bonchev–Trinajstić information content (AvgIpc) is 2.84. The minimum absolute atomic E-state index is 0.441. The molecule has 0 saturated heterocycles. The van der Waals surface area contributed by atoms with Crippen LogP contribution in [0.3, 0.4) is 0 Å². The van der Waals surface area contributed by atoms with Crippen molar-refractivity contribution in [3.05, 3.63) is 23.2 Å². The van der Waals surface area contributed by atoms with E-state index in [0.29, 0.717) is 6.04 Å². The Morgan fingerprint density at radius 1 is 1.33 bits per heavy atom.